The summed E-state index contributed by atoms with van der Waals surface area (Å²) in [5, 5.41) is 2.98. The first-order valence-electron chi connectivity index (χ1n) is 7.38. The predicted molar refractivity (Wildman–Crippen MR) is 78.7 cm³/mol. The molecule has 0 aromatic heterocycles. The maximum Gasteiger partial charge on any atom is 0.220 e. The lowest BCUT2D eigenvalue weighted by molar-refractivity contribution is -0.121. The Bertz CT molecular complexity index is 223. The van der Waals surface area contributed by atoms with Crippen molar-refractivity contribution in [3.8, 4) is 0 Å². The van der Waals surface area contributed by atoms with Gasteiger partial charge in [0.05, 0.1) is 0 Å². The van der Waals surface area contributed by atoms with Crippen LogP contribution in [0.1, 0.15) is 52.9 Å². The van der Waals surface area contributed by atoms with Crippen LogP contribution < -0.4 is 5.32 Å². The van der Waals surface area contributed by atoms with Crippen LogP contribution in [0.2, 0.25) is 0 Å². The Morgan fingerprint density at radius 2 is 1.78 bits per heavy atom. The lowest BCUT2D eigenvalue weighted by atomic mass is 10.2. The van der Waals surface area contributed by atoms with Crippen LogP contribution >= 0.6 is 0 Å². The van der Waals surface area contributed by atoms with Crippen LogP contribution in [0.15, 0.2) is 12.2 Å². The van der Waals surface area contributed by atoms with Gasteiger partial charge in [-0.2, -0.15) is 0 Å². The van der Waals surface area contributed by atoms with Crippen molar-refractivity contribution in [3.63, 3.8) is 0 Å². The molecule has 1 amide bonds. The number of allylic oxidation sites excluding steroid dienone is 2. The highest BCUT2D eigenvalue weighted by atomic mass is 16.1. The van der Waals surface area contributed by atoms with Crippen LogP contribution in [0.4, 0.5) is 0 Å². The van der Waals surface area contributed by atoms with E-state index in [1.807, 2.05) is 0 Å². The van der Waals surface area contributed by atoms with E-state index in [0.29, 0.717) is 6.42 Å². The van der Waals surface area contributed by atoms with Gasteiger partial charge in [-0.1, -0.05) is 39.3 Å². The smallest absolute Gasteiger partial charge is 0.220 e. The first-order chi connectivity index (χ1) is 8.74. The van der Waals surface area contributed by atoms with Crippen LogP contribution in [-0.4, -0.2) is 37.0 Å². The van der Waals surface area contributed by atoms with E-state index >= 15 is 0 Å². The summed E-state index contributed by atoms with van der Waals surface area (Å²) in [6.45, 7) is 10.3. The maximum absolute atomic E-state index is 11.5. The van der Waals surface area contributed by atoms with Crippen LogP contribution in [0.3, 0.4) is 0 Å². The van der Waals surface area contributed by atoms with E-state index < -0.39 is 0 Å². The number of hydrogen-bond acceptors (Lipinski definition) is 2. The highest BCUT2D eigenvalue weighted by molar-refractivity contribution is 5.75. The fourth-order valence-corrected chi connectivity index (χ4v) is 1.76. The SMILES string of the molecule is CCC/C=C/CCCC(=O)NCCN(CC)CC. The molecule has 0 aliphatic carbocycles. The largest absolute Gasteiger partial charge is 0.355 e. The molecule has 106 valence electrons. The molecular weight excluding hydrogens is 224 g/mol. The molecule has 0 radical (unpaired) electrons. The molecule has 1 N–H and O–H groups in total. The van der Waals surface area contributed by atoms with Crippen LogP contribution in [0.25, 0.3) is 0 Å². The lowest BCUT2D eigenvalue weighted by Gasteiger charge is -2.17. The minimum Gasteiger partial charge on any atom is -0.355 e. The monoisotopic (exact) mass is 254 g/mol. The second-order valence-electron chi connectivity index (χ2n) is 4.53. The summed E-state index contributed by atoms with van der Waals surface area (Å²) in [4.78, 5) is 13.8. The Morgan fingerprint density at radius 1 is 1.11 bits per heavy atom. The van der Waals surface area contributed by atoms with Gasteiger partial charge < -0.3 is 10.2 Å². The van der Waals surface area contributed by atoms with Gasteiger partial charge in [0.25, 0.3) is 0 Å². The number of hydrogen-bond donors (Lipinski definition) is 1. The molecule has 0 saturated carbocycles. The van der Waals surface area contributed by atoms with Crippen molar-refractivity contribution in [2.24, 2.45) is 0 Å². The number of amides is 1. The van der Waals surface area contributed by atoms with Crippen LogP contribution in [0, 0.1) is 0 Å². The van der Waals surface area contributed by atoms with E-state index in [9.17, 15) is 4.79 Å². The summed E-state index contributed by atoms with van der Waals surface area (Å²) in [5.41, 5.74) is 0. The predicted octanol–water partition coefficient (Wildman–Crippen LogP) is 2.97. The second-order valence-corrected chi connectivity index (χ2v) is 4.53. The number of likely N-dealkylation sites (N-methyl/N-ethyl adjacent to an activating group) is 1. The number of nitrogens with zero attached hydrogens (tertiary/aromatic N) is 1. The van der Waals surface area contributed by atoms with Crippen molar-refractivity contribution in [2.45, 2.75) is 52.9 Å². The number of nitrogens with one attached hydrogen (secondary N) is 1. The molecule has 18 heavy (non-hydrogen) atoms. The minimum absolute atomic E-state index is 0.186. The molecule has 3 heteroatoms. The summed E-state index contributed by atoms with van der Waals surface area (Å²) in [6.07, 6.45) is 9.36. The third-order valence-electron chi connectivity index (χ3n) is 3.04. The standard InChI is InChI=1S/C15H30N2O/c1-4-7-8-9-10-11-12-15(18)16-13-14-17(5-2)6-3/h8-9H,4-7,10-14H2,1-3H3,(H,16,18)/b9-8+. The third kappa shape index (κ3) is 10.3. The van der Waals surface area contributed by atoms with E-state index in [1.165, 1.54) is 6.42 Å². The Hall–Kier alpha value is -0.830. The van der Waals surface area contributed by atoms with Crippen molar-refractivity contribution >= 4 is 5.91 Å². The van der Waals surface area contributed by atoms with Crippen LogP contribution in [-0.2, 0) is 4.79 Å². The Labute approximate surface area is 113 Å². The van der Waals surface area contributed by atoms with Crippen molar-refractivity contribution < 1.29 is 4.79 Å². The van der Waals surface area contributed by atoms with Gasteiger partial charge in [-0.25, -0.2) is 0 Å². The van der Waals surface area contributed by atoms with Gasteiger partial charge in [0.2, 0.25) is 5.91 Å². The maximum atomic E-state index is 11.5. The van der Waals surface area contributed by atoms with Gasteiger partial charge in [0.1, 0.15) is 0 Å². The lowest BCUT2D eigenvalue weighted by Crippen LogP contribution is -2.34. The summed E-state index contributed by atoms with van der Waals surface area (Å²) in [6, 6.07) is 0. The molecule has 0 heterocycles. The number of rotatable bonds is 11. The average molecular weight is 254 g/mol. The zero-order valence-corrected chi connectivity index (χ0v) is 12.4. The molecular formula is C15H30N2O. The summed E-state index contributed by atoms with van der Waals surface area (Å²) in [7, 11) is 0. The molecule has 0 aromatic rings. The Balaban J connectivity index is 3.43. The molecule has 0 unspecified atom stereocenters. The molecule has 0 fully saturated rings. The van der Waals surface area contributed by atoms with E-state index in [1.54, 1.807) is 0 Å². The fourth-order valence-electron chi connectivity index (χ4n) is 1.76. The molecule has 0 spiro atoms. The molecule has 0 aromatic carbocycles. The average Bonchev–Trinajstić information content (AvgIpc) is 2.39. The Morgan fingerprint density at radius 3 is 2.39 bits per heavy atom. The van der Waals surface area contributed by atoms with Gasteiger partial charge in [0, 0.05) is 19.5 Å². The molecule has 3 nitrogen and oxygen atoms in total. The summed E-state index contributed by atoms with van der Waals surface area (Å²) in [5.74, 6) is 0.186. The van der Waals surface area contributed by atoms with Crippen molar-refractivity contribution in [1.82, 2.24) is 10.2 Å². The quantitative estimate of drug-likeness (QED) is 0.454. The first kappa shape index (κ1) is 17.2. The Kier molecular flexibility index (Phi) is 12.0. The zero-order chi connectivity index (χ0) is 13.6. The number of carbonyl (C=O) groups excluding carboxylic acids is 1. The van der Waals surface area contributed by atoms with Crippen molar-refractivity contribution in [3.05, 3.63) is 12.2 Å². The molecule has 0 atom stereocenters. The second kappa shape index (κ2) is 12.6. The van der Waals surface area contributed by atoms with Gasteiger partial charge in [-0.15, -0.1) is 0 Å². The van der Waals surface area contributed by atoms with E-state index in [2.05, 4.69) is 43.1 Å². The van der Waals surface area contributed by atoms with Gasteiger partial charge >= 0.3 is 0 Å². The summed E-state index contributed by atoms with van der Waals surface area (Å²) >= 11 is 0. The molecule has 0 rings (SSSR count). The van der Waals surface area contributed by atoms with Crippen LogP contribution in [0.5, 0.6) is 0 Å². The zero-order valence-electron chi connectivity index (χ0n) is 12.4. The molecule has 0 aliphatic heterocycles. The normalized spacial score (nSPS) is 11.3. The highest BCUT2D eigenvalue weighted by Gasteiger charge is 2.01. The van der Waals surface area contributed by atoms with E-state index in [4.69, 9.17) is 0 Å². The molecule has 0 saturated heterocycles. The number of unbranched alkanes of at least 4 members (excludes halogenated alkanes) is 2. The van der Waals surface area contributed by atoms with E-state index in [0.717, 1.165) is 45.4 Å². The van der Waals surface area contributed by atoms with Gasteiger partial charge in [0.15, 0.2) is 0 Å². The summed E-state index contributed by atoms with van der Waals surface area (Å²) < 4.78 is 0. The van der Waals surface area contributed by atoms with E-state index in [-0.39, 0.29) is 5.91 Å². The van der Waals surface area contributed by atoms with Crippen molar-refractivity contribution in [1.29, 1.82) is 0 Å². The topological polar surface area (TPSA) is 32.3 Å². The molecule has 0 aliphatic rings. The molecule has 0 bridgehead atoms. The van der Waals surface area contributed by atoms with Crippen molar-refractivity contribution in [2.75, 3.05) is 26.2 Å². The fraction of sp³-hybridized carbons (Fsp3) is 0.800. The van der Waals surface area contributed by atoms with Gasteiger partial charge in [-0.05, 0) is 32.4 Å². The number of carbonyl (C=O) groups is 1. The third-order valence-corrected chi connectivity index (χ3v) is 3.04. The van der Waals surface area contributed by atoms with Gasteiger partial charge in [-0.3, -0.25) is 4.79 Å². The highest BCUT2D eigenvalue weighted by Crippen LogP contribution is 1.98. The first-order valence-corrected chi connectivity index (χ1v) is 7.38. The minimum atomic E-state index is 0.186.